The van der Waals surface area contributed by atoms with Gasteiger partial charge in [0.1, 0.15) is 0 Å². The summed E-state index contributed by atoms with van der Waals surface area (Å²) in [6.45, 7) is 1.30. The molecule has 1 heterocycles. The van der Waals surface area contributed by atoms with Gasteiger partial charge in [0, 0.05) is 24.4 Å². The highest BCUT2D eigenvalue weighted by Crippen LogP contribution is 2.08. The zero-order chi connectivity index (χ0) is 17.4. The number of nitrogens with one attached hydrogen (secondary N) is 2. The predicted octanol–water partition coefficient (Wildman–Crippen LogP) is 1.20. The van der Waals surface area contributed by atoms with E-state index in [4.69, 9.17) is 5.73 Å². The first-order chi connectivity index (χ1) is 11.6. The zero-order valence-corrected chi connectivity index (χ0v) is 14.7. The lowest BCUT2D eigenvalue weighted by molar-refractivity contribution is 0.0953. The Bertz CT molecular complexity index is 801. The summed E-state index contributed by atoms with van der Waals surface area (Å²) in [7, 11) is 0. The second-order valence-corrected chi connectivity index (χ2v) is 5.49. The molecular formula is C17H23ClN4O3. The van der Waals surface area contributed by atoms with Crippen LogP contribution in [0, 0.1) is 0 Å². The van der Waals surface area contributed by atoms with Crippen molar-refractivity contribution in [3.63, 3.8) is 0 Å². The highest BCUT2D eigenvalue weighted by Gasteiger charge is 2.07. The Morgan fingerprint density at radius 2 is 1.88 bits per heavy atom. The number of aromatic amines is 1. The van der Waals surface area contributed by atoms with Crippen LogP contribution in [0.5, 0.6) is 0 Å². The van der Waals surface area contributed by atoms with E-state index >= 15 is 0 Å². The topological polar surface area (TPSA) is 110 Å². The maximum absolute atomic E-state index is 12.2. The van der Waals surface area contributed by atoms with E-state index in [1.807, 2.05) is 0 Å². The van der Waals surface area contributed by atoms with Crippen LogP contribution in [0.1, 0.15) is 36.0 Å². The molecule has 0 unspecified atom stereocenters. The van der Waals surface area contributed by atoms with Gasteiger partial charge in [0.25, 0.3) is 11.5 Å². The maximum Gasteiger partial charge on any atom is 0.332 e. The number of nitrogens with two attached hydrogens (primary N) is 1. The number of aromatic nitrogens is 2. The molecule has 4 N–H and O–H groups in total. The summed E-state index contributed by atoms with van der Waals surface area (Å²) < 4.78 is 1.28. The summed E-state index contributed by atoms with van der Waals surface area (Å²) in [5, 5.41) is 2.86. The molecule has 1 aromatic heterocycles. The van der Waals surface area contributed by atoms with Gasteiger partial charge in [-0.05, 0) is 37.6 Å². The molecule has 136 valence electrons. The van der Waals surface area contributed by atoms with E-state index in [0.717, 1.165) is 25.7 Å². The number of halogens is 1. The van der Waals surface area contributed by atoms with Gasteiger partial charge in [0.2, 0.25) is 0 Å². The fourth-order valence-corrected chi connectivity index (χ4v) is 2.34. The molecule has 25 heavy (non-hydrogen) atoms. The Balaban J connectivity index is 0.00000312. The quantitative estimate of drug-likeness (QED) is 0.609. The molecule has 0 aliphatic rings. The lowest BCUT2D eigenvalue weighted by atomic mass is 10.1. The summed E-state index contributed by atoms with van der Waals surface area (Å²) >= 11 is 0. The smallest absolute Gasteiger partial charge is 0.332 e. The number of hydrogen-bond donors (Lipinski definition) is 3. The minimum atomic E-state index is -0.542. The Morgan fingerprint density at radius 3 is 2.60 bits per heavy atom. The van der Waals surface area contributed by atoms with Gasteiger partial charge < -0.3 is 11.1 Å². The van der Waals surface area contributed by atoms with Crippen LogP contribution in [-0.4, -0.2) is 28.5 Å². The molecule has 0 atom stereocenters. The van der Waals surface area contributed by atoms with Gasteiger partial charge in [-0.25, -0.2) is 4.79 Å². The fourth-order valence-electron chi connectivity index (χ4n) is 2.34. The monoisotopic (exact) mass is 366 g/mol. The van der Waals surface area contributed by atoms with Gasteiger partial charge >= 0.3 is 5.69 Å². The van der Waals surface area contributed by atoms with Crippen molar-refractivity contribution in [1.29, 1.82) is 0 Å². The zero-order valence-electron chi connectivity index (χ0n) is 13.9. The van der Waals surface area contributed by atoms with Gasteiger partial charge in [-0.1, -0.05) is 18.9 Å². The van der Waals surface area contributed by atoms with Crippen molar-refractivity contribution in [3.05, 3.63) is 62.9 Å². The van der Waals surface area contributed by atoms with Crippen LogP contribution in [0.25, 0.3) is 5.69 Å². The molecule has 0 aliphatic carbocycles. The van der Waals surface area contributed by atoms with Crippen molar-refractivity contribution >= 4 is 18.3 Å². The van der Waals surface area contributed by atoms with Crippen LogP contribution >= 0.6 is 12.4 Å². The molecule has 2 rings (SSSR count). The number of H-pyrrole nitrogens is 1. The number of rotatable bonds is 8. The summed E-state index contributed by atoms with van der Waals surface area (Å²) in [5.74, 6) is -0.187. The van der Waals surface area contributed by atoms with Gasteiger partial charge in [-0.15, -0.1) is 12.4 Å². The fraction of sp³-hybridized carbons (Fsp3) is 0.353. The number of nitrogens with zero attached hydrogens (tertiary/aromatic N) is 1. The Morgan fingerprint density at radius 1 is 1.12 bits per heavy atom. The number of unbranched alkanes of at least 4 members (excludes halogenated alkanes) is 3. The minimum Gasteiger partial charge on any atom is -0.352 e. The SMILES string of the molecule is Cl.NCCCCCCNC(=O)c1cccc(-n2ccc(=O)[nH]c2=O)c1. The molecule has 0 spiro atoms. The molecular weight excluding hydrogens is 344 g/mol. The largest absolute Gasteiger partial charge is 0.352 e. The Kier molecular flexibility index (Phi) is 8.66. The molecule has 1 aromatic carbocycles. The molecule has 7 nitrogen and oxygen atoms in total. The number of carbonyl (C=O) groups is 1. The van der Waals surface area contributed by atoms with Crippen molar-refractivity contribution in [2.24, 2.45) is 5.73 Å². The number of hydrogen-bond acceptors (Lipinski definition) is 4. The molecule has 0 bridgehead atoms. The first-order valence-electron chi connectivity index (χ1n) is 8.02. The average molecular weight is 367 g/mol. The first-order valence-corrected chi connectivity index (χ1v) is 8.02. The summed E-state index contributed by atoms with van der Waals surface area (Å²) in [5.41, 5.74) is 5.42. The average Bonchev–Trinajstić information content (AvgIpc) is 2.58. The molecule has 0 aliphatic heterocycles. The highest BCUT2D eigenvalue weighted by molar-refractivity contribution is 5.94. The lowest BCUT2D eigenvalue weighted by Crippen LogP contribution is -2.28. The number of amides is 1. The summed E-state index contributed by atoms with van der Waals surface area (Å²) in [6.07, 6.45) is 5.39. The van der Waals surface area contributed by atoms with Crippen LogP contribution in [-0.2, 0) is 0 Å². The standard InChI is InChI=1S/C17H22N4O3.ClH/c18-9-3-1-2-4-10-19-16(23)13-6-5-7-14(12-13)21-11-8-15(22)20-17(21)24;/h5-8,11-12H,1-4,9-10,18H2,(H,19,23)(H,20,22,24);1H. The molecule has 0 radical (unpaired) electrons. The predicted molar refractivity (Wildman–Crippen MR) is 99.8 cm³/mol. The van der Waals surface area contributed by atoms with Gasteiger partial charge in [0.15, 0.2) is 0 Å². The molecule has 0 saturated heterocycles. The van der Waals surface area contributed by atoms with Gasteiger partial charge in [0.05, 0.1) is 5.69 Å². The van der Waals surface area contributed by atoms with Gasteiger partial charge in [-0.2, -0.15) is 0 Å². The van der Waals surface area contributed by atoms with Crippen LogP contribution in [0.3, 0.4) is 0 Å². The minimum absolute atomic E-state index is 0. The normalized spacial score (nSPS) is 10.1. The van der Waals surface area contributed by atoms with Crippen molar-refractivity contribution < 1.29 is 4.79 Å². The van der Waals surface area contributed by atoms with Crippen LogP contribution in [0.2, 0.25) is 0 Å². The van der Waals surface area contributed by atoms with Crippen molar-refractivity contribution in [2.45, 2.75) is 25.7 Å². The third-order valence-corrected chi connectivity index (χ3v) is 3.63. The highest BCUT2D eigenvalue weighted by atomic mass is 35.5. The molecule has 1 amide bonds. The van der Waals surface area contributed by atoms with E-state index in [-0.39, 0.29) is 18.3 Å². The maximum atomic E-state index is 12.2. The van der Waals surface area contributed by atoms with Crippen molar-refractivity contribution in [3.8, 4) is 5.69 Å². The van der Waals surface area contributed by atoms with E-state index in [1.54, 1.807) is 24.3 Å². The van der Waals surface area contributed by atoms with E-state index in [1.165, 1.54) is 16.8 Å². The van der Waals surface area contributed by atoms with E-state index in [9.17, 15) is 14.4 Å². The van der Waals surface area contributed by atoms with Crippen molar-refractivity contribution in [1.82, 2.24) is 14.9 Å². The van der Waals surface area contributed by atoms with E-state index in [0.29, 0.717) is 24.3 Å². The van der Waals surface area contributed by atoms with Crippen LogP contribution < -0.4 is 22.3 Å². The molecule has 0 saturated carbocycles. The summed E-state index contributed by atoms with van der Waals surface area (Å²) in [6, 6.07) is 7.95. The molecule has 8 heteroatoms. The van der Waals surface area contributed by atoms with Crippen molar-refractivity contribution in [2.75, 3.05) is 13.1 Å². The second kappa shape index (κ2) is 10.5. The Labute approximate surface area is 151 Å². The third-order valence-electron chi connectivity index (χ3n) is 3.63. The van der Waals surface area contributed by atoms with Gasteiger partial charge in [-0.3, -0.25) is 19.1 Å². The Hall–Kier alpha value is -2.38. The second-order valence-electron chi connectivity index (χ2n) is 5.49. The number of carbonyl (C=O) groups excluding carboxylic acids is 1. The summed E-state index contributed by atoms with van der Waals surface area (Å²) in [4.78, 5) is 37.3. The van der Waals surface area contributed by atoms with E-state index < -0.39 is 11.2 Å². The van der Waals surface area contributed by atoms with E-state index in [2.05, 4.69) is 10.3 Å². The molecule has 2 aromatic rings. The first kappa shape index (κ1) is 20.7. The molecule has 0 fully saturated rings. The number of benzene rings is 1. The van der Waals surface area contributed by atoms with Crippen LogP contribution in [0.15, 0.2) is 46.1 Å². The lowest BCUT2D eigenvalue weighted by Gasteiger charge is -2.08. The third kappa shape index (κ3) is 6.21. The van der Waals surface area contributed by atoms with Crippen LogP contribution in [0.4, 0.5) is 0 Å².